The molecular formula is C18H23N5O2. The van der Waals surface area contributed by atoms with E-state index in [0.717, 1.165) is 28.5 Å². The summed E-state index contributed by atoms with van der Waals surface area (Å²) in [5.74, 6) is 2.41. The van der Waals surface area contributed by atoms with Crippen LogP contribution < -0.4 is 14.8 Å². The summed E-state index contributed by atoms with van der Waals surface area (Å²) < 4.78 is 14.6. The van der Waals surface area contributed by atoms with Crippen molar-refractivity contribution in [2.75, 3.05) is 14.2 Å². The minimum Gasteiger partial charge on any atom is -0.497 e. The van der Waals surface area contributed by atoms with Crippen LogP contribution in [0, 0.1) is 0 Å². The quantitative estimate of drug-likeness (QED) is 0.712. The molecule has 0 saturated heterocycles. The number of methoxy groups -OCH3 is 2. The predicted molar refractivity (Wildman–Crippen MR) is 94.6 cm³/mol. The molecule has 1 N–H and O–H groups in total. The molecule has 0 spiro atoms. The van der Waals surface area contributed by atoms with E-state index in [1.165, 1.54) is 0 Å². The number of hydrogen-bond acceptors (Lipinski definition) is 5. The minimum atomic E-state index is -0.107. The van der Waals surface area contributed by atoms with Crippen LogP contribution >= 0.6 is 0 Å². The Morgan fingerprint density at radius 2 is 1.84 bits per heavy atom. The van der Waals surface area contributed by atoms with Crippen molar-refractivity contribution in [1.29, 1.82) is 0 Å². The summed E-state index contributed by atoms with van der Waals surface area (Å²) in [5.41, 5.74) is 2.13. The Labute approximate surface area is 147 Å². The number of rotatable bonds is 7. The summed E-state index contributed by atoms with van der Waals surface area (Å²) in [6.07, 6.45) is 7.58. The second kappa shape index (κ2) is 7.40. The standard InChI is InChI=1S/C18H23N5O2/c1-22-6-5-19-18(22)17(20-10-13-11-21-23(2)12-13)14-7-15(24-3)9-16(8-14)25-4/h5-9,11-12,17,20H,10H2,1-4H3. The topological polar surface area (TPSA) is 66.1 Å². The fraction of sp³-hybridized carbons (Fsp3) is 0.333. The van der Waals surface area contributed by atoms with Crippen molar-refractivity contribution in [1.82, 2.24) is 24.6 Å². The molecule has 0 saturated carbocycles. The molecule has 1 unspecified atom stereocenters. The van der Waals surface area contributed by atoms with E-state index in [9.17, 15) is 0 Å². The molecule has 25 heavy (non-hydrogen) atoms. The van der Waals surface area contributed by atoms with Crippen LogP contribution in [0.1, 0.15) is 23.0 Å². The Hall–Kier alpha value is -2.80. The molecule has 0 bridgehead atoms. The Bertz CT molecular complexity index is 817. The van der Waals surface area contributed by atoms with Gasteiger partial charge in [-0.25, -0.2) is 4.98 Å². The van der Waals surface area contributed by atoms with E-state index in [1.54, 1.807) is 25.1 Å². The van der Waals surface area contributed by atoms with Crippen LogP contribution in [-0.2, 0) is 20.6 Å². The number of aromatic nitrogens is 4. The third-order valence-corrected chi connectivity index (χ3v) is 4.09. The van der Waals surface area contributed by atoms with Crippen molar-refractivity contribution < 1.29 is 9.47 Å². The fourth-order valence-corrected chi connectivity index (χ4v) is 2.79. The van der Waals surface area contributed by atoms with Crippen molar-refractivity contribution >= 4 is 0 Å². The number of hydrogen-bond donors (Lipinski definition) is 1. The first kappa shape index (κ1) is 17.0. The van der Waals surface area contributed by atoms with Gasteiger partial charge in [-0.2, -0.15) is 5.10 Å². The zero-order chi connectivity index (χ0) is 17.8. The zero-order valence-corrected chi connectivity index (χ0v) is 14.9. The van der Waals surface area contributed by atoms with E-state index in [4.69, 9.17) is 9.47 Å². The van der Waals surface area contributed by atoms with Gasteiger partial charge in [-0.15, -0.1) is 0 Å². The van der Waals surface area contributed by atoms with Gasteiger partial charge in [0.15, 0.2) is 0 Å². The van der Waals surface area contributed by atoms with Gasteiger partial charge in [0.2, 0.25) is 0 Å². The maximum Gasteiger partial charge on any atom is 0.130 e. The van der Waals surface area contributed by atoms with Gasteiger partial charge in [0.1, 0.15) is 17.3 Å². The SMILES string of the molecule is COc1cc(OC)cc(C(NCc2cnn(C)c2)c2nccn2C)c1. The maximum absolute atomic E-state index is 5.41. The first-order chi connectivity index (χ1) is 12.1. The van der Waals surface area contributed by atoms with Crippen molar-refractivity contribution in [3.63, 3.8) is 0 Å². The number of imidazole rings is 1. The summed E-state index contributed by atoms with van der Waals surface area (Å²) in [6, 6.07) is 5.75. The van der Waals surface area contributed by atoms with E-state index >= 15 is 0 Å². The van der Waals surface area contributed by atoms with Crippen LogP contribution in [0.3, 0.4) is 0 Å². The second-order valence-electron chi connectivity index (χ2n) is 5.88. The summed E-state index contributed by atoms with van der Waals surface area (Å²) in [5, 5.41) is 7.78. The Morgan fingerprint density at radius 1 is 1.12 bits per heavy atom. The van der Waals surface area contributed by atoms with E-state index in [1.807, 2.05) is 55.5 Å². The number of aryl methyl sites for hydroxylation is 2. The third kappa shape index (κ3) is 3.83. The van der Waals surface area contributed by atoms with Crippen molar-refractivity contribution in [2.45, 2.75) is 12.6 Å². The number of nitrogens with one attached hydrogen (secondary N) is 1. The minimum absolute atomic E-state index is 0.107. The molecule has 2 aromatic heterocycles. The Kier molecular flexibility index (Phi) is 5.04. The lowest BCUT2D eigenvalue weighted by Crippen LogP contribution is -2.24. The Balaban J connectivity index is 1.95. The van der Waals surface area contributed by atoms with Crippen LogP contribution in [-0.4, -0.2) is 33.6 Å². The normalized spacial score (nSPS) is 12.2. The predicted octanol–water partition coefficient (Wildman–Crippen LogP) is 2.05. The number of nitrogens with zero attached hydrogens (tertiary/aromatic N) is 4. The van der Waals surface area contributed by atoms with E-state index < -0.39 is 0 Å². The molecule has 0 radical (unpaired) electrons. The summed E-state index contributed by atoms with van der Waals surface area (Å²) in [6.45, 7) is 0.672. The molecule has 0 amide bonds. The molecule has 3 rings (SSSR count). The fourth-order valence-electron chi connectivity index (χ4n) is 2.79. The molecule has 7 nitrogen and oxygen atoms in total. The van der Waals surface area contributed by atoms with Crippen LogP contribution in [0.15, 0.2) is 43.0 Å². The molecule has 132 valence electrons. The molecule has 2 heterocycles. The molecule has 0 aliphatic carbocycles. The molecule has 0 fully saturated rings. The number of benzene rings is 1. The molecule has 1 aromatic carbocycles. The van der Waals surface area contributed by atoms with Crippen LogP contribution in [0.25, 0.3) is 0 Å². The van der Waals surface area contributed by atoms with Gasteiger partial charge in [-0.05, 0) is 17.7 Å². The van der Waals surface area contributed by atoms with Crippen molar-refractivity contribution in [2.24, 2.45) is 14.1 Å². The summed E-state index contributed by atoms with van der Waals surface area (Å²) in [4.78, 5) is 4.52. The molecule has 0 aliphatic heterocycles. The smallest absolute Gasteiger partial charge is 0.130 e. The average Bonchev–Trinajstić information content (AvgIpc) is 3.23. The lowest BCUT2D eigenvalue weighted by atomic mass is 10.0. The van der Waals surface area contributed by atoms with Gasteiger partial charge in [-0.1, -0.05) is 0 Å². The highest BCUT2D eigenvalue weighted by Crippen LogP contribution is 2.29. The highest BCUT2D eigenvalue weighted by molar-refractivity contribution is 5.41. The van der Waals surface area contributed by atoms with E-state index in [-0.39, 0.29) is 6.04 Å². The largest absolute Gasteiger partial charge is 0.497 e. The lowest BCUT2D eigenvalue weighted by Gasteiger charge is -2.20. The third-order valence-electron chi connectivity index (χ3n) is 4.09. The van der Waals surface area contributed by atoms with Crippen LogP contribution in [0.5, 0.6) is 11.5 Å². The zero-order valence-electron chi connectivity index (χ0n) is 14.9. The van der Waals surface area contributed by atoms with E-state index in [0.29, 0.717) is 6.54 Å². The van der Waals surface area contributed by atoms with Gasteiger partial charge >= 0.3 is 0 Å². The second-order valence-corrected chi connectivity index (χ2v) is 5.88. The number of ether oxygens (including phenoxy) is 2. The molecule has 0 aliphatic rings. The summed E-state index contributed by atoms with van der Waals surface area (Å²) >= 11 is 0. The average molecular weight is 341 g/mol. The van der Waals surface area contributed by atoms with E-state index in [2.05, 4.69) is 15.4 Å². The molecule has 7 heteroatoms. The summed E-state index contributed by atoms with van der Waals surface area (Å²) in [7, 11) is 7.19. The van der Waals surface area contributed by atoms with Crippen LogP contribution in [0.4, 0.5) is 0 Å². The first-order valence-electron chi connectivity index (χ1n) is 8.02. The first-order valence-corrected chi connectivity index (χ1v) is 8.02. The monoisotopic (exact) mass is 341 g/mol. The molecule has 3 aromatic rings. The van der Waals surface area contributed by atoms with Gasteiger partial charge in [-0.3, -0.25) is 10.00 Å². The van der Waals surface area contributed by atoms with Crippen molar-refractivity contribution in [3.8, 4) is 11.5 Å². The molecule has 1 atom stereocenters. The molecular weight excluding hydrogens is 318 g/mol. The van der Waals surface area contributed by atoms with Crippen molar-refractivity contribution in [3.05, 3.63) is 59.9 Å². The lowest BCUT2D eigenvalue weighted by molar-refractivity contribution is 0.392. The van der Waals surface area contributed by atoms with Gasteiger partial charge < -0.3 is 14.0 Å². The van der Waals surface area contributed by atoms with Crippen LogP contribution in [0.2, 0.25) is 0 Å². The Morgan fingerprint density at radius 3 is 2.36 bits per heavy atom. The van der Waals surface area contributed by atoms with Gasteiger partial charge in [0.25, 0.3) is 0 Å². The highest BCUT2D eigenvalue weighted by Gasteiger charge is 2.20. The maximum atomic E-state index is 5.41. The highest BCUT2D eigenvalue weighted by atomic mass is 16.5. The van der Waals surface area contributed by atoms with Gasteiger partial charge in [0, 0.05) is 50.9 Å². The van der Waals surface area contributed by atoms with Gasteiger partial charge in [0.05, 0.1) is 26.5 Å².